The van der Waals surface area contributed by atoms with Crippen LogP contribution in [0.3, 0.4) is 0 Å². The third-order valence-corrected chi connectivity index (χ3v) is 3.68. The highest BCUT2D eigenvalue weighted by Gasteiger charge is 2.10. The van der Waals surface area contributed by atoms with E-state index in [2.05, 4.69) is 15.6 Å². The third kappa shape index (κ3) is 6.36. The van der Waals surface area contributed by atoms with Crippen molar-refractivity contribution in [1.82, 2.24) is 15.6 Å². The van der Waals surface area contributed by atoms with Crippen LogP contribution in [0.2, 0.25) is 0 Å². The molecule has 0 atom stereocenters. The Labute approximate surface area is 146 Å². The van der Waals surface area contributed by atoms with Crippen molar-refractivity contribution in [3.63, 3.8) is 0 Å². The molecule has 2 aromatic heterocycles. The zero-order valence-corrected chi connectivity index (χ0v) is 15.0. The van der Waals surface area contributed by atoms with Crippen molar-refractivity contribution in [1.29, 1.82) is 0 Å². The van der Waals surface area contributed by atoms with Gasteiger partial charge in [-0.15, -0.1) is 36.2 Å². The standard InChI is InChI=1S/C14H19N3O2S.2ClH/c1-10-4-5-12(19-10)14-17-11(9-20-14)8-13(18)16-7-3-6-15-2;;/h4-5,9,15H,3,6-8H2,1-2H3,(H,16,18);2*1H. The maximum absolute atomic E-state index is 11.7. The van der Waals surface area contributed by atoms with Gasteiger partial charge in [0.1, 0.15) is 5.76 Å². The van der Waals surface area contributed by atoms with Gasteiger partial charge in [0, 0.05) is 11.9 Å². The molecule has 0 bridgehead atoms. The van der Waals surface area contributed by atoms with Gasteiger partial charge in [-0.25, -0.2) is 4.98 Å². The lowest BCUT2D eigenvalue weighted by Crippen LogP contribution is -2.28. The van der Waals surface area contributed by atoms with Gasteiger partial charge in [0.25, 0.3) is 0 Å². The number of hydrogen-bond donors (Lipinski definition) is 2. The molecule has 124 valence electrons. The molecule has 2 aromatic rings. The SMILES string of the molecule is CNCCCNC(=O)Cc1csc(-c2ccc(C)o2)n1.Cl.Cl. The maximum Gasteiger partial charge on any atom is 0.226 e. The highest BCUT2D eigenvalue weighted by Crippen LogP contribution is 2.25. The summed E-state index contributed by atoms with van der Waals surface area (Å²) in [5.41, 5.74) is 0.783. The predicted molar refractivity (Wildman–Crippen MR) is 94.3 cm³/mol. The normalized spacial score (nSPS) is 9.73. The van der Waals surface area contributed by atoms with Gasteiger partial charge in [0.2, 0.25) is 5.91 Å². The Morgan fingerprint density at radius 3 is 2.73 bits per heavy atom. The van der Waals surface area contributed by atoms with E-state index in [0.29, 0.717) is 13.0 Å². The fourth-order valence-corrected chi connectivity index (χ4v) is 2.55. The Balaban J connectivity index is 0.00000220. The van der Waals surface area contributed by atoms with Gasteiger partial charge >= 0.3 is 0 Å². The molecule has 5 nitrogen and oxygen atoms in total. The van der Waals surface area contributed by atoms with E-state index >= 15 is 0 Å². The second-order valence-electron chi connectivity index (χ2n) is 4.54. The molecule has 0 radical (unpaired) electrons. The zero-order valence-electron chi connectivity index (χ0n) is 12.5. The number of furan rings is 1. The monoisotopic (exact) mass is 365 g/mol. The number of hydrogen-bond acceptors (Lipinski definition) is 5. The Morgan fingerprint density at radius 2 is 2.09 bits per heavy atom. The average molecular weight is 366 g/mol. The number of carbonyl (C=O) groups is 1. The van der Waals surface area contributed by atoms with Crippen molar-refractivity contribution in [3.05, 3.63) is 29.0 Å². The number of halogens is 2. The molecule has 0 aliphatic heterocycles. The first-order chi connectivity index (χ1) is 9.69. The lowest BCUT2D eigenvalue weighted by Gasteiger charge is -2.03. The van der Waals surface area contributed by atoms with Crippen LogP contribution in [0.1, 0.15) is 17.9 Å². The van der Waals surface area contributed by atoms with Crippen molar-refractivity contribution in [3.8, 4) is 10.8 Å². The summed E-state index contributed by atoms with van der Waals surface area (Å²) in [6.45, 7) is 3.49. The molecule has 22 heavy (non-hydrogen) atoms. The average Bonchev–Trinajstić information content (AvgIpc) is 3.04. The first kappa shape index (κ1) is 20.9. The number of nitrogens with zero attached hydrogens (tertiary/aromatic N) is 1. The summed E-state index contributed by atoms with van der Waals surface area (Å²) in [6, 6.07) is 3.81. The quantitative estimate of drug-likeness (QED) is 0.740. The largest absolute Gasteiger partial charge is 0.459 e. The molecule has 2 N–H and O–H groups in total. The van der Waals surface area contributed by atoms with E-state index < -0.39 is 0 Å². The minimum Gasteiger partial charge on any atom is -0.459 e. The lowest BCUT2D eigenvalue weighted by atomic mass is 10.3. The fourth-order valence-electron chi connectivity index (χ4n) is 1.77. The van der Waals surface area contributed by atoms with Gasteiger partial charge in [-0.05, 0) is 39.1 Å². The minimum atomic E-state index is 0. The van der Waals surface area contributed by atoms with Crippen molar-refractivity contribution < 1.29 is 9.21 Å². The van der Waals surface area contributed by atoms with Crippen LogP contribution in [-0.4, -0.2) is 31.0 Å². The van der Waals surface area contributed by atoms with Crippen LogP contribution in [0.15, 0.2) is 21.9 Å². The summed E-state index contributed by atoms with van der Waals surface area (Å²) in [5, 5.41) is 8.64. The second-order valence-corrected chi connectivity index (χ2v) is 5.40. The summed E-state index contributed by atoms with van der Waals surface area (Å²) in [5.74, 6) is 1.63. The number of rotatable bonds is 7. The molecular weight excluding hydrogens is 345 g/mol. The van der Waals surface area contributed by atoms with Gasteiger partial charge in [-0.3, -0.25) is 4.79 Å². The van der Waals surface area contributed by atoms with Crippen molar-refractivity contribution in [2.75, 3.05) is 20.1 Å². The number of nitrogens with one attached hydrogen (secondary N) is 2. The van der Waals surface area contributed by atoms with E-state index in [1.807, 2.05) is 31.5 Å². The van der Waals surface area contributed by atoms with Gasteiger partial charge in [0.05, 0.1) is 12.1 Å². The fraction of sp³-hybridized carbons (Fsp3) is 0.429. The number of aromatic nitrogens is 1. The zero-order chi connectivity index (χ0) is 14.4. The summed E-state index contributed by atoms with van der Waals surface area (Å²) in [6.07, 6.45) is 1.24. The van der Waals surface area contributed by atoms with Crippen LogP contribution in [-0.2, 0) is 11.2 Å². The van der Waals surface area contributed by atoms with Crippen molar-refractivity contribution in [2.24, 2.45) is 0 Å². The molecule has 2 heterocycles. The van der Waals surface area contributed by atoms with Gasteiger partial charge in [0.15, 0.2) is 10.8 Å². The molecule has 0 fully saturated rings. The molecule has 0 saturated heterocycles. The Morgan fingerprint density at radius 1 is 1.32 bits per heavy atom. The Kier molecular flexibility index (Phi) is 10.1. The first-order valence-corrected chi connectivity index (χ1v) is 7.49. The van der Waals surface area contributed by atoms with E-state index in [9.17, 15) is 4.79 Å². The number of thiazole rings is 1. The molecule has 0 unspecified atom stereocenters. The van der Waals surface area contributed by atoms with Crippen molar-refractivity contribution in [2.45, 2.75) is 19.8 Å². The summed E-state index contributed by atoms with van der Waals surface area (Å²) in [7, 11) is 1.90. The highest BCUT2D eigenvalue weighted by atomic mass is 35.5. The summed E-state index contributed by atoms with van der Waals surface area (Å²) < 4.78 is 5.52. The predicted octanol–water partition coefficient (Wildman–Crippen LogP) is 2.82. The number of aryl methyl sites for hydroxylation is 1. The van der Waals surface area contributed by atoms with E-state index in [0.717, 1.165) is 35.2 Å². The lowest BCUT2D eigenvalue weighted by molar-refractivity contribution is -0.120. The molecule has 1 amide bonds. The van der Waals surface area contributed by atoms with E-state index in [4.69, 9.17) is 4.42 Å². The third-order valence-electron chi connectivity index (χ3n) is 2.77. The van der Waals surface area contributed by atoms with E-state index in [1.54, 1.807) is 0 Å². The van der Waals surface area contributed by atoms with Gasteiger partial charge in [-0.2, -0.15) is 0 Å². The Bertz CT molecular complexity index is 572. The molecule has 2 rings (SSSR count). The van der Waals surface area contributed by atoms with Gasteiger partial charge < -0.3 is 15.1 Å². The molecular formula is C14H21Cl2N3O2S. The minimum absolute atomic E-state index is 0. The molecule has 0 spiro atoms. The first-order valence-electron chi connectivity index (χ1n) is 6.61. The van der Waals surface area contributed by atoms with Crippen LogP contribution >= 0.6 is 36.2 Å². The molecule has 0 aliphatic rings. The van der Waals surface area contributed by atoms with Crippen LogP contribution in [0.5, 0.6) is 0 Å². The Hall–Kier alpha value is -1.08. The van der Waals surface area contributed by atoms with Crippen LogP contribution in [0.25, 0.3) is 10.8 Å². The molecule has 0 aromatic carbocycles. The van der Waals surface area contributed by atoms with E-state index in [1.165, 1.54) is 11.3 Å². The smallest absolute Gasteiger partial charge is 0.226 e. The second kappa shape index (κ2) is 10.6. The maximum atomic E-state index is 11.7. The molecule has 8 heteroatoms. The van der Waals surface area contributed by atoms with E-state index in [-0.39, 0.29) is 30.7 Å². The molecule has 0 aliphatic carbocycles. The van der Waals surface area contributed by atoms with Crippen LogP contribution in [0.4, 0.5) is 0 Å². The topological polar surface area (TPSA) is 67.2 Å². The highest BCUT2D eigenvalue weighted by molar-refractivity contribution is 7.13. The van der Waals surface area contributed by atoms with Crippen molar-refractivity contribution >= 4 is 42.1 Å². The summed E-state index contributed by atoms with van der Waals surface area (Å²) in [4.78, 5) is 16.2. The van der Waals surface area contributed by atoms with Crippen LogP contribution < -0.4 is 10.6 Å². The molecule has 0 saturated carbocycles. The summed E-state index contributed by atoms with van der Waals surface area (Å²) >= 11 is 1.50. The number of carbonyl (C=O) groups excluding carboxylic acids is 1. The van der Waals surface area contributed by atoms with Gasteiger partial charge in [-0.1, -0.05) is 0 Å². The van der Waals surface area contributed by atoms with Crippen LogP contribution in [0, 0.1) is 6.92 Å². The number of amides is 1.